The van der Waals surface area contributed by atoms with Crippen LogP contribution in [0.3, 0.4) is 0 Å². The molecule has 1 aromatic rings. The smallest absolute Gasteiger partial charge is 0.123 e. The van der Waals surface area contributed by atoms with Gasteiger partial charge >= 0.3 is 0 Å². The van der Waals surface area contributed by atoms with E-state index in [1.165, 1.54) is 25.3 Å². The van der Waals surface area contributed by atoms with E-state index in [0.717, 1.165) is 23.9 Å². The van der Waals surface area contributed by atoms with E-state index in [1.54, 1.807) is 6.07 Å². The van der Waals surface area contributed by atoms with Gasteiger partial charge in [-0.25, -0.2) is 4.39 Å². The molecule has 1 aromatic carbocycles. The summed E-state index contributed by atoms with van der Waals surface area (Å²) in [6.45, 7) is 3.08. The summed E-state index contributed by atoms with van der Waals surface area (Å²) in [6.07, 6.45) is 4.11. The molecule has 0 saturated heterocycles. The summed E-state index contributed by atoms with van der Waals surface area (Å²) in [4.78, 5) is 0. The zero-order valence-corrected chi connectivity index (χ0v) is 10.3. The Morgan fingerprint density at radius 1 is 1.29 bits per heavy atom. The predicted octanol–water partition coefficient (Wildman–Crippen LogP) is 3.52. The molecule has 17 heavy (non-hydrogen) atoms. The van der Waals surface area contributed by atoms with Gasteiger partial charge in [0.1, 0.15) is 5.82 Å². The predicted molar refractivity (Wildman–Crippen MR) is 67.1 cm³/mol. The molecule has 2 aliphatic rings. The second-order valence-corrected chi connectivity index (χ2v) is 5.58. The minimum Gasteiger partial charge on any atom is -0.310 e. The Kier molecular flexibility index (Phi) is 2.91. The van der Waals surface area contributed by atoms with Crippen LogP contribution in [0.4, 0.5) is 4.39 Å². The van der Waals surface area contributed by atoms with Crippen LogP contribution in [-0.2, 0) is 0 Å². The standard InChI is InChI=1S/C15H20FN/c1-2-17-15(10-4-3-5-14(16)9-10)13-7-11-6-12(11)8-13/h3-5,9,11-13,15,17H,2,6-8H2,1H3. The van der Waals surface area contributed by atoms with Crippen LogP contribution >= 0.6 is 0 Å². The van der Waals surface area contributed by atoms with Crippen LogP contribution in [0.2, 0.25) is 0 Å². The molecule has 3 unspecified atom stereocenters. The normalized spacial score (nSPS) is 32.2. The molecule has 1 N–H and O–H groups in total. The third kappa shape index (κ3) is 2.23. The lowest BCUT2D eigenvalue weighted by Gasteiger charge is -2.26. The minimum atomic E-state index is -0.117. The Hall–Kier alpha value is -0.890. The largest absolute Gasteiger partial charge is 0.310 e. The van der Waals surface area contributed by atoms with Crippen LogP contribution in [0.25, 0.3) is 0 Å². The zero-order valence-electron chi connectivity index (χ0n) is 10.3. The van der Waals surface area contributed by atoms with E-state index >= 15 is 0 Å². The van der Waals surface area contributed by atoms with Gasteiger partial charge in [-0.3, -0.25) is 0 Å². The average molecular weight is 233 g/mol. The first-order valence-electron chi connectivity index (χ1n) is 6.76. The van der Waals surface area contributed by atoms with Crippen molar-refractivity contribution in [2.45, 2.75) is 32.2 Å². The SMILES string of the molecule is CCNC(c1cccc(F)c1)C1CC2CC2C1. The molecule has 0 bridgehead atoms. The summed E-state index contributed by atoms with van der Waals surface area (Å²) in [6, 6.07) is 7.45. The maximum absolute atomic E-state index is 13.3. The summed E-state index contributed by atoms with van der Waals surface area (Å²) < 4.78 is 13.3. The van der Waals surface area contributed by atoms with Gasteiger partial charge in [0.2, 0.25) is 0 Å². The molecule has 0 aliphatic heterocycles. The van der Waals surface area contributed by atoms with Gasteiger partial charge in [-0.2, -0.15) is 0 Å². The molecule has 0 radical (unpaired) electrons. The van der Waals surface area contributed by atoms with E-state index < -0.39 is 0 Å². The Morgan fingerprint density at radius 2 is 2.06 bits per heavy atom. The van der Waals surface area contributed by atoms with Crippen LogP contribution in [-0.4, -0.2) is 6.54 Å². The first-order chi connectivity index (χ1) is 8.28. The van der Waals surface area contributed by atoms with Crippen LogP contribution in [0.1, 0.15) is 37.8 Å². The van der Waals surface area contributed by atoms with Crippen molar-refractivity contribution < 1.29 is 4.39 Å². The van der Waals surface area contributed by atoms with E-state index in [4.69, 9.17) is 0 Å². The number of nitrogens with one attached hydrogen (secondary N) is 1. The molecule has 0 amide bonds. The van der Waals surface area contributed by atoms with Gasteiger partial charge in [-0.05, 0) is 61.3 Å². The molecule has 2 saturated carbocycles. The fraction of sp³-hybridized carbons (Fsp3) is 0.600. The van der Waals surface area contributed by atoms with Gasteiger partial charge in [0.05, 0.1) is 0 Å². The Balaban J connectivity index is 1.79. The topological polar surface area (TPSA) is 12.0 Å². The fourth-order valence-electron chi connectivity index (χ4n) is 3.51. The van der Waals surface area contributed by atoms with Crippen molar-refractivity contribution in [1.82, 2.24) is 5.32 Å². The second-order valence-electron chi connectivity index (χ2n) is 5.58. The highest BCUT2D eigenvalue weighted by Crippen LogP contribution is 2.57. The second kappa shape index (κ2) is 4.41. The number of hydrogen-bond acceptors (Lipinski definition) is 1. The summed E-state index contributed by atoms with van der Waals surface area (Å²) in [7, 11) is 0. The molecule has 2 heteroatoms. The quantitative estimate of drug-likeness (QED) is 0.839. The Bertz CT molecular complexity index is 394. The Labute approximate surface area is 102 Å². The maximum atomic E-state index is 13.3. The van der Waals surface area contributed by atoms with Crippen LogP contribution in [0.5, 0.6) is 0 Å². The summed E-state index contributed by atoms with van der Waals surface area (Å²) in [5, 5.41) is 3.54. The van der Waals surface area contributed by atoms with Crippen molar-refractivity contribution in [1.29, 1.82) is 0 Å². The van der Waals surface area contributed by atoms with Crippen molar-refractivity contribution in [3.05, 3.63) is 35.6 Å². The van der Waals surface area contributed by atoms with Crippen molar-refractivity contribution >= 4 is 0 Å². The van der Waals surface area contributed by atoms with Gasteiger partial charge in [-0.1, -0.05) is 19.1 Å². The molecule has 0 spiro atoms. The van der Waals surface area contributed by atoms with Gasteiger partial charge in [0.25, 0.3) is 0 Å². The zero-order chi connectivity index (χ0) is 11.8. The third-order valence-electron chi connectivity index (χ3n) is 4.38. The number of halogens is 1. The lowest BCUT2D eigenvalue weighted by molar-refractivity contribution is 0.346. The van der Waals surface area contributed by atoms with Gasteiger partial charge in [0.15, 0.2) is 0 Å². The molecule has 3 atom stereocenters. The van der Waals surface area contributed by atoms with Gasteiger partial charge < -0.3 is 5.32 Å². The lowest BCUT2D eigenvalue weighted by atomic mass is 9.89. The third-order valence-corrected chi connectivity index (χ3v) is 4.38. The summed E-state index contributed by atoms with van der Waals surface area (Å²) in [5.74, 6) is 2.55. The van der Waals surface area contributed by atoms with E-state index in [0.29, 0.717) is 12.0 Å². The molecular formula is C15H20FN. The lowest BCUT2D eigenvalue weighted by Crippen LogP contribution is -2.27. The number of benzene rings is 1. The highest BCUT2D eigenvalue weighted by Gasteiger charge is 2.47. The molecule has 3 rings (SSSR count). The molecule has 1 nitrogen and oxygen atoms in total. The van der Waals surface area contributed by atoms with Crippen molar-refractivity contribution in [2.24, 2.45) is 17.8 Å². The monoisotopic (exact) mass is 233 g/mol. The van der Waals surface area contributed by atoms with Crippen molar-refractivity contribution in [3.63, 3.8) is 0 Å². The first kappa shape index (κ1) is 11.2. The fourth-order valence-corrected chi connectivity index (χ4v) is 3.51. The molecule has 2 aliphatic carbocycles. The summed E-state index contributed by atoms with van der Waals surface area (Å²) >= 11 is 0. The minimum absolute atomic E-state index is 0.117. The van der Waals surface area contributed by atoms with Gasteiger partial charge in [-0.15, -0.1) is 0 Å². The molecular weight excluding hydrogens is 213 g/mol. The number of hydrogen-bond donors (Lipinski definition) is 1. The van der Waals surface area contributed by atoms with Crippen LogP contribution in [0.15, 0.2) is 24.3 Å². The van der Waals surface area contributed by atoms with Crippen molar-refractivity contribution in [2.75, 3.05) is 6.54 Å². The van der Waals surface area contributed by atoms with E-state index in [2.05, 4.69) is 18.3 Å². The molecule has 0 heterocycles. The van der Waals surface area contributed by atoms with Gasteiger partial charge in [0, 0.05) is 6.04 Å². The Morgan fingerprint density at radius 3 is 2.71 bits per heavy atom. The molecule has 92 valence electrons. The summed E-state index contributed by atoms with van der Waals surface area (Å²) in [5.41, 5.74) is 1.12. The van der Waals surface area contributed by atoms with E-state index in [1.807, 2.05) is 6.07 Å². The number of rotatable bonds is 4. The highest BCUT2D eigenvalue weighted by atomic mass is 19.1. The highest BCUT2D eigenvalue weighted by molar-refractivity contribution is 5.22. The molecule has 0 aromatic heterocycles. The first-order valence-corrected chi connectivity index (χ1v) is 6.76. The maximum Gasteiger partial charge on any atom is 0.123 e. The van der Waals surface area contributed by atoms with E-state index in [-0.39, 0.29) is 5.82 Å². The van der Waals surface area contributed by atoms with Crippen LogP contribution < -0.4 is 5.32 Å². The molecule has 2 fully saturated rings. The average Bonchev–Trinajstić information content (AvgIpc) is 2.93. The number of fused-ring (bicyclic) bond motifs is 1. The van der Waals surface area contributed by atoms with Crippen molar-refractivity contribution in [3.8, 4) is 0 Å². The van der Waals surface area contributed by atoms with Crippen LogP contribution in [0, 0.1) is 23.6 Å². The van der Waals surface area contributed by atoms with E-state index in [9.17, 15) is 4.39 Å².